The summed E-state index contributed by atoms with van der Waals surface area (Å²) in [4.78, 5) is 12.9. The van der Waals surface area contributed by atoms with Gasteiger partial charge in [0.15, 0.2) is 0 Å². The third-order valence-electron chi connectivity index (χ3n) is 1.58. The molecule has 0 amide bonds. The van der Waals surface area contributed by atoms with Crippen LogP contribution >= 0.6 is 0 Å². The van der Waals surface area contributed by atoms with E-state index >= 15 is 0 Å². The number of hydrogen-bond donors (Lipinski definition) is 3. The van der Waals surface area contributed by atoms with E-state index in [1.54, 1.807) is 0 Å². The van der Waals surface area contributed by atoms with Crippen molar-refractivity contribution < 1.29 is 17.9 Å². The van der Waals surface area contributed by atoms with Crippen LogP contribution in [-0.4, -0.2) is 11.3 Å². The van der Waals surface area contributed by atoms with Crippen LogP contribution in [0.4, 0.5) is 18.9 Å². The van der Waals surface area contributed by atoms with Crippen LogP contribution in [0.15, 0.2) is 10.9 Å². The predicted molar refractivity (Wildman–Crippen MR) is 46.0 cm³/mol. The van der Waals surface area contributed by atoms with Gasteiger partial charge < -0.3 is 16.2 Å². The molecule has 0 fully saturated rings. The summed E-state index contributed by atoms with van der Waals surface area (Å²) >= 11 is 0. The van der Waals surface area contributed by atoms with Crippen molar-refractivity contribution in [1.29, 1.82) is 0 Å². The molecule has 0 aliphatic rings. The summed E-state index contributed by atoms with van der Waals surface area (Å²) in [5.74, 6) is -0.734. The summed E-state index contributed by atoms with van der Waals surface area (Å²) in [6.45, 7) is -0.149. The minimum Gasteiger partial charge on any atom is -0.394 e. The van der Waals surface area contributed by atoms with Crippen molar-refractivity contribution in [2.45, 2.75) is 12.9 Å². The van der Waals surface area contributed by atoms with E-state index in [0.29, 0.717) is 0 Å². The Bertz CT molecular complexity index is 413. The maximum absolute atomic E-state index is 11.8. The fourth-order valence-corrected chi connectivity index (χ4v) is 0.946. The number of ether oxygens (including phenoxy) is 1. The summed E-state index contributed by atoms with van der Waals surface area (Å²) < 4.78 is 38.9. The zero-order valence-corrected chi connectivity index (χ0v) is 7.39. The predicted octanol–water partition coefficient (Wildman–Crippen LogP) is 0.314. The molecule has 8 heteroatoms. The number of pyridine rings is 1. The number of hydrogen-bond acceptors (Lipinski definition) is 4. The Balaban J connectivity index is 3.12. The van der Waals surface area contributed by atoms with E-state index in [0.717, 1.165) is 6.07 Å². The van der Waals surface area contributed by atoms with Crippen molar-refractivity contribution in [2.75, 3.05) is 5.73 Å². The molecule has 0 spiro atoms. The van der Waals surface area contributed by atoms with Crippen LogP contribution in [0.2, 0.25) is 0 Å². The SMILES string of the molecule is NCc1cc(OC(F)(F)F)[nH]c(=O)c1N. The number of aromatic nitrogens is 1. The quantitative estimate of drug-likeness (QED) is 0.672. The molecule has 0 radical (unpaired) electrons. The average Bonchev–Trinajstić information content (AvgIpc) is 2.08. The van der Waals surface area contributed by atoms with Crippen LogP contribution in [0.25, 0.3) is 0 Å². The van der Waals surface area contributed by atoms with Crippen molar-refractivity contribution in [3.63, 3.8) is 0 Å². The molecule has 0 aliphatic heterocycles. The molecule has 15 heavy (non-hydrogen) atoms. The molecule has 5 nitrogen and oxygen atoms in total. The monoisotopic (exact) mass is 223 g/mol. The van der Waals surface area contributed by atoms with Crippen LogP contribution in [-0.2, 0) is 6.54 Å². The normalized spacial score (nSPS) is 11.5. The van der Waals surface area contributed by atoms with Gasteiger partial charge in [0.25, 0.3) is 5.56 Å². The van der Waals surface area contributed by atoms with Crippen LogP contribution in [0.1, 0.15) is 5.56 Å². The van der Waals surface area contributed by atoms with Gasteiger partial charge in [0.2, 0.25) is 5.88 Å². The molecule has 0 saturated carbocycles. The first kappa shape index (κ1) is 11.4. The number of aromatic amines is 1. The zero-order chi connectivity index (χ0) is 11.6. The van der Waals surface area contributed by atoms with Crippen molar-refractivity contribution in [3.05, 3.63) is 22.0 Å². The molecule has 1 heterocycles. The van der Waals surface area contributed by atoms with Gasteiger partial charge in [0.1, 0.15) is 5.69 Å². The molecule has 0 aromatic carbocycles. The van der Waals surface area contributed by atoms with E-state index in [4.69, 9.17) is 11.5 Å². The highest BCUT2D eigenvalue weighted by Gasteiger charge is 2.31. The minimum atomic E-state index is -4.87. The van der Waals surface area contributed by atoms with E-state index in [1.165, 1.54) is 0 Å². The first-order valence-electron chi connectivity index (χ1n) is 3.81. The van der Waals surface area contributed by atoms with E-state index in [9.17, 15) is 18.0 Å². The number of halogens is 3. The first-order valence-corrected chi connectivity index (χ1v) is 3.81. The van der Waals surface area contributed by atoms with Gasteiger partial charge in [0, 0.05) is 12.6 Å². The molecule has 0 saturated heterocycles. The lowest BCUT2D eigenvalue weighted by molar-refractivity contribution is -0.276. The van der Waals surface area contributed by atoms with Crippen molar-refractivity contribution in [1.82, 2.24) is 4.98 Å². The van der Waals surface area contributed by atoms with Gasteiger partial charge in [-0.25, -0.2) is 0 Å². The molecule has 0 unspecified atom stereocenters. The smallest absolute Gasteiger partial charge is 0.394 e. The second kappa shape index (κ2) is 3.81. The fraction of sp³-hybridized carbons (Fsp3) is 0.286. The van der Waals surface area contributed by atoms with Gasteiger partial charge >= 0.3 is 6.36 Å². The highest BCUT2D eigenvalue weighted by molar-refractivity contribution is 5.46. The number of nitrogens with two attached hydrogens (primary N) is 2. The number of nitrogen functional groups attached to an aromatic ring is 1. The van der Waals surface area contributed by atoms with E-state index in [2.05, 4.69) is 4.74 Å². The maximum atomic E-state index is 11.8. The number of H-pyrrole nitrogens is 1. The highest BCUT2D eigenvalue weighted by Crippen LogP contribution is 2.21. The summed E-state index contributed by atoms with van der Waals surface area (Å²) in [5, 5.41) is 0. The molecular weight excluding hydrogens is 215 g/mol. The van der Waals surface area contributed by atoms with Crippen molar-refractivity contribution >= 4 is 5.69 Å². The molecular formula is C7H8F3N3O2. The first-order chi connectivity index (χ1) is 6.83. The molecule has 0 aliphatic carbocycles. The highest BCUT2D eigenvalue weighted by atomic mass is 19.4. The minimum absolute atomic E-state index is 0.0954. The second-order valence-corrected chi connectivity index (χ2v) is 2.65. The summed E-state index contributed by atoms with van der Waals surface area (Å²) in [5.41, 5.74) is 9.46. The molecule has 1 aromatic rings. The van der Waals surface area contributed by atoms with E-state index in [1.807, 2.05) is 4.98 Å². The number of rotatable bonds is 2. The van der Waals surface area contributed by atoms with Crippen LogP contribution in [0.3, 0.4) is 0 Å². The van der Waals surface area contributed by atoms with Gasteiger partial charge in [-0.3, -0.25) is 9.78 Å². The third kappa shape index (κ3) is 2.88. The maximum Gasteiger partial charge on any atom is 0.574 e. The Morgan fingerprint density at radius 2 is 2.07 bits per heavy atom. The Morgan fingerprint density at radius 3 is 2.53 bits per heavy atom. The van der Waals surface area contributed by atoms with Gasteiger partial charge in [-0.2, -0.15) is 0 Å². The fourth-order valence-electron chi connectivity index (χ4n) is 0.946. The molecule has 5 N–H and O–H groups in total. The molecule has 1 rings (SSSR count). The lowest BCUT2D eigenvalue weighted by Crippen LogP contribution is -2.22. The molecule has 84 valence electrons. The molecule has 1 aromatic heterocycles. The lowest BCUT2D eigenvalue weighted by Gasteiger charge is -2.10. The standard InChI is InChI=1S/C7H8F3N3O2/c8-7(9,10)15-4-1-3(2-11)5(12)6(14)13-4/h1H,2,11-12H2,(H,13,14). The van der Waals surface area contributed by atoms with Gasteiger partial charge in [-0.05, 0) is 5.56 Å². The number of alkyl halides is 3. The molecule has 0 bridgehead atoms. The van der Waals surface area contributed by atoms with Gasteiger partial charge in [-0.1, -0.05) is 0 Å². The van der Waals surface area contributed by atoms with Gasteiger partial charge in [-0.15, -0.1) is 13.2 Å². The van der Waals surface area contributed by atoms with Crippen LogP contribution < -0.4 is 21.8 Å². The van der Waals surface area contributed by atoms with E-state index < -0.39 is 17.8 Å². The number of nitrogens with one attached hydrogen (secondary N) is 1. The Labute approximate surface area is 81.8 Å². The molecule has 0 atom stereocenters. The summed E-state index contributed by atoms with van der Waals surface area (Å²) in [7, 11) is 0. The van der Waals surface area contributed by atoms with Gasteiger partial charge in [0.05, 0.1) is 0 Å². The summed E-state index contributed by atoms with van der Waals surface area (Å²) in [6.07, 6.45) is -4.87. The van der Waals surface area contributed by atoms with Crippen LogP contribution in [0, 0.1) is 0 Å². The zero-order valence-electron chi connectivity index (χ0n) is 7.39. The Morgan fingerprint density at radius 1 is 1.47 bits per heavy atom. The van der Waals surface area contributed by atoms with E-state index in [-0.39, 0.29) is 17.8 Å². The van der Waals surface area contributed by atoms with Crippen molar-refractivity contribution in [3.8, 4) is 5.88 Å². The Hall–Kier alpha value is -1.70. The summed E-state index contributed by atoms with van der Waals surface area (Å²) in [6, 6.07) is 0.935. The Kier molecular flexibility index (Phi) is 2.89. The third-order valence-corrected chi connectivity index (χ3v) is 1.58. The number of anilines is 1. The lowest BCUT2D eigenvalue weighted by atomic mass is 10.2. The average molecular weight is 223 g/mol. The van der Waals surface area contributed by atoms with Crippen molar-refractivity contribution in [2.24, 2.45) is 5.73 Å². The van der Waals surface area contributed by atoms with Crippen LogP contribution in [0.5, 0.6) is 5.88 Å². The second-order valence-electron chi connectivity index (χ2n) is 2.65. The largest absolute Gasteiger partial charge is 0.574 e. The topological polar surface area (TPSA) is 94.1 Å².